The standard InChI is InChI=1S/C24H22ClN3O3/c1-12-8-9-16-20(13(12)2)26-23(31)24(16)19-18(17-7-4-10-27(17)24)21(29)28(22(19)30)15-6-3-5-14(25)11-15/h3,5-6,8-9,11,17-19H,4,7,10H2,1-2H3,(H,26,31)/t17-,18+,19-,24+/m0/s1. The summed E-state index contributed by atoms with van der Waals surface area (Å²) in [5.41, 5.74) is 3.03. The van der Waals surface area contributed by atoms with Crippen molar-refractivity contribution in [3.8, 4) is 0 Å². The minimum atomic E-state index is -1.14. The Hall–Kier alpha value is -2.70. The zero-order valence-corrected chi connectivity index (χ0v) is 18.1. The maximum absolute atomic E-state index is 13.9. The molecule has 1 N–H and O–H groups in total. The number of anilines is 2. The van der Waals surface area contributed by atoms with Crippen molar-refractivity contribution in [3.63, 3.8) is 0 Å². The van der Waals surface area contributed by atoms with E-state index in [-0.39, 0.29) is 23.8 Å². The van der Waals surface area contributed by atoms with Gasteiger partial charge in [0.25, 0.3) is 0 Å². The van der Waals surface area contributed by atoms with Crippen LogP contribution in [0.4, 0.5) is 11.4 Å². The summed E-state index contributed by atoms with van der Waals surface area (Å²) in [6.45, 7) is 4.70. The van der Waals surface area contributed by atoms with E-state index in [9.17, 15) is 14.4 Å². The number of hydrogen-bond acceptors (Lipinski definition) is 4. The number of benzene rings is 2. The van der Waals surface area contributed by atoms with Crippen LogP contribution in [0.3, 0.4) is 0 Å². The van der Waals surface area contributed by atoms with Crippen molar-refractivity contribution >= 4 is 40.7 Å². The van der Waals surface area contributed by atoms with Gasteiger partial charge in [0, 0.05) is 22.3 Å². The quantitative estimate of drug-likeness (QED) is 0.697. The molecule has 4 aliphatic heterocycles. The molecule has 4 aliphatic rings. The zero-order chi connectivity index (χ0) is 21.7. The lowest BCUT2D eigenvalue weighted by molar-refractivity contribution is -0.135. The number of nitrogens with one attached hydrogen (secondary N) is 1. The highest BCUT2D eigenvalue weighted by Gasteiger charge is 2.74. The van der Waals surface area contributed by atoms with Gasteiger partial charge in [0.1, 0.15) is 5.54 Å². The van der Waals surface area contributed by atoms with Gasteiger partial charge in [-0.2, -0.15) is 0 Å². The summed E-state index contributed by atoms with van der Waals surface area (Å²) >= 11 is 6.15. The monoisotopic (exact) mass is 435 g/mol. The Bertz CT molecular complexity index is 1190. The fraction of sp³-hybridized carbons (Fsp3) is 0.375. The first-order valence-corrected chi connectivity index (χ1v) is 11.1. The Kier molecular flexibility index (Phi) is 3.79. The molecule has 158 valence electrons. The van der Waals surface area contributed by atoms with Crippen LogP contribution in [0.2, 0.25) is 5.02 Å². The highest BCUT2D eigenvalue weighted by Crippen LogP contribution is 2.61. The second-order valence-electron chi connectivity index (χ2n) is 9.05. The lowest BCUT2D eigenvalue weighted by Gasteiger charge is -2.36. The summed E-state index contributed by atoms with van der Waals surface area (Å²) in [4.78, 5) is 44.6. The van der Waals surface area contributed by atoms with E-state index in [0.717, 1.165) is 35.2 Å². The van der Waals surface area contributed by atoms with Crippen LogP contribution in [-0.2, 0) is 19.9 Å². The molecule has 0 radical (unpaired) electrons. The number of carbonyl (C=O) groups excluding carboxylic acids is 3. The third-order valence-electron chi connectivity index (χ3n) is 7.77. The van der Waals surface area contributed by atoms with Gasteiger partial charge in [0.15, 0.2) is 0 Å². The number of amides is 3. The van der Waals surface area contributed by atoms with Gasteiger partial charge >= 0.3 is 0 Å². The van der Waals surface area contributed by atoms with Gasteiger partial charge in [-0.25, -0.2) is 4.90 Å². The van der Waals surface area contributed by atoms with Crippen molar-refractivity contribution in [3.05, 3.63) is 58.1 Å². The van der Waals surface area contributed by atoms with Crippen LogP contribution >= 0.6 is 11.6 Å². The molecule has 0 unspecified atom stereocenters. The topological polar surface area (TPSA) is 69.7 Å². The predicted molar refractivity (Wildman–Crippen MR) is 117 cm³/mol. The van der Waals surface area contributed by atoms with Gasteiger partial charge in [-0.05, 0) is 62.6 Å². The van der Waals surface area contributed by atoms with Crippen LogP contribution in [0.5, 0.6) is 0 Å². The molecule has 0 bridgehead atoms. The summed E-state index contributed by atoms with van der Waals surface area (Å²) in [6, 6.07) is 10.6. The lowest BCUT2D eigenvalue weighted by atomic mass is 9.75. The molecule has 7 heteroatoms. The maximum Gasteiger partial charge on any atom is 0.250 e. The summed E-state index contributed by atoms with van der Waals surface area (Å²) in [5, 5.41) is 3.54. The number of carbonyl (C=O) groups is 3. The molecule has 0 saturated carbocycles. The molecular formula is C24H22ClN3O3. The van der Waals surface area contributed by atoms with Crippen molar-refractivity contribution in [2.75, 3.05) is 16.8 Å². The molecule has 3 fully saturated rings. The Morgan fingerprint density at radius 2 is 1.90 bits per heavy atom. The van der Waals surface area contributed by atoms with Gasteiger partial charge in [-0.15, -0.1) is 0 Å². The first-order chi connectivity index (χ1) is 14.9. The minimum absolute atomic E-state index is 0.121. The van der Waals surface area contributed by atoms with Crippen molar-refractivity contribution in [2.45, 2.75) is 38.3 Å². The van der Waals surface area contributed by atoms with E-state index >= 15 is 0 Å². The third-order valence-corrected chi connectivity index (χ3v) is 8.00. The molecule has 3 amide bonds. The largest absolute Gasteiger partial charge is 0.324 e. The third kappa shape index (κ3) is 2.14. The van der Waals surface area contributed by atoms with Crippen molar-refractivity contribution in [1.82, 2.24) is 4.90 Å². The molecule has 0 aliphatic carbocycles. The van der Waals surface area contributed by atoms with Crippen LogP contribution in [0, 0.1) is 25.7 Å². The van der Waals surface area contributed by atoms with Gasteiger partial charge in [0.05, 0.1) is 17.5 Å². The van der Waals surface area contributed by atoms with Crippen LogP contribution in [-0.4, -0.2) is 35.2 Å². The highest BCUT2D eigenvalue weighted by molar-refractivity contribution is 6.31. The molecule has 1 spiro atoms. The summed E-state index contributed by atoms with van der Waals surface area (Å²) < 4.78 is 0. The fourth-order valence-electron chi connectivity index (χ4n) is 6.39. The number of nitrogens with zero attached hydrogens (tertiary/aromatic N) is 2. The summed E-state index contributed by atoms with van der Waals surface area (Å²) in [6.07, 6.45) is 1.71. The lowest BCUT2D eigenvalue weighted by Crippen LogP contribution is -2.54. The van der Waals surface area contributed by atoms with Crippen LogP contribution in [0.1, 0.15) is 29.5 Å². The number of hydrogen-bond donors (Lipinski definition) is 1. The zero-order valence-electron chi connectivity index (χ0n) is 17.3. The molecule has 4 heterocycles. The molecule has 2 aromatic rings. The molecule has 6 nitrogen and oxygen atoms in total. The fourth-order valence-corrected chi connectivity index (χ4v) is 6.57. The molecule has 4 atom stereocenters. The maximum atomic E-state index is 13.9. The first kappa shape index (κ1) is 19.0. The minimum Gasteiger partial charge on any atom is -0.324 e. The van der Waals surface area contributed by atoms with Gasteiger partial charge in [-0.1, -0.05) is 29.8 Å². The Labute approximate surface area is 185 Å². The van der Waals surface area contributed by atoms with Gasteiger partial charge in [0.2, 0.25) is 17.7 Å². The number of imide groups is 1. The molecule has 0 aromatic heterocycles. The van der Waals surface area contributed by atoms with E-state index in [1.807, 2.05) is 26.0 Å². The van der Waals surface area contributed by atoms with E-state index in [1.165, 1.54) is 4.90 Å². The second-order valence-corrected chi connectivity index (χ2v) is 9.49. The van der Waals surface area contributed by atoms with Crippen molar-refractivity contribution < 1.29 is 14.4 Å². The van der Waals surface area contributed by atoms with Crippen LogP contribution in [0.25, 0.3) is 0 Å². The molecular weight excluding hydrogens is 414 g/mol. The summed E-state index contributed by atoms with van der Waals surface area (Å²) in [5.74, 6) is -2.01. The highest BCUT2D eigenvalue weighted by atomic mass is 35.5. The molecule has 2 aromatic carbocycles. The molecule has 3 saturated heterocycles. The normalized spacial score (nSPS) is 31.4. The number of fused-ring (bicyclic) bond motifs is 7. The van der Waals surface area contributed by atoms with Gasteiger partial charge < -0.3 is 5.32 Å². The van der Waals surface area contributed by atoms with E-state index < -0.39 is 17.4 Å². The number of rotatable bonds is 1. The first-order valence-electron chi connectivity index (χ1n) is 10.7. The van der Waals surface area contributed by atoms with Crippen molar-refractivity contribution in [2.24, 2.45) is 11.8 Å². The van der Waals surface area contributed by atoms with E-state index in [0.29, 0.717) is 17.3 Å². The average molecular weight is 436 g/mol. The van der Waals surface area contributed by atoms with E-state index in [4.69, 9.17) is 11.6 Å². The van der Waals surface area contributed by atoms with E-state index in [2.05, 4.69) is 10.2 Å². The average Bonchev–Trinajstić information content (AvgIpc) is 3.43. The van der Waals surface area contributed by atoms with E-state index in [1.54, 1.807) is 24.3 Å². The van der Waals surface area contributed by atoms with Crippen LogP contribution < -0.4 is 10.2 Å². The molecule has 6 rings (SSSR count). The molecule has 31 heavy (non-hydrogen) atoms. The Morgan fingerprint density at radius 1 is 1.10 bits per heavy atom. The second kappa shape index (κ2) is 6.17. The number of halogens is 1. The smallest absolute Gasteiger partial charge is 0.250 e. The predicted octanol–water partition coefficient (Wildman–Crippen LogP) is 3.39. The Morgan fingerprint density at radius 3 is 2.68 bits per heavy atom. The summed E-state index contributed by atoms with van der Waals surface area (Å²) in [7, 11) is 0. The number of aryl methyl sites for hydroxylation is 1. The van der Waals surface area contributed by atoms with Crippen molar-refractivity contribution in [1.29, 1.82) is 0 Å². The Balaban J connectivity index is 1.57. The SMILES string of the molecule is Cc1ccc2c(c1C)NC(=O)[C@]21[C@@H]2C(=O)N(c3cccc(Cl)c3)C(=O)[C@@H]2[C@@H]2CCCN21. The van der Waals surface area contributed by atoms with Gasteiger partial charge in [-0.3, -0.25) is 19.3 Å². The van der Waals surface area contributed by atoms with Crippen LogP contribution in [0.15, 0.2) is 36.4 Å².